The molecule has 0 radical (unpaired) electrons. The molecular weight excluding hydrogens is 268 g/mol. The smallest absolute Gasteiger partial charge is 0.145 e. The number of ether oxygens (including phenoxy) is 1. The molecule has 1 unspecified atom stereocenters. The van der Waals surface area contributed by atoms with E-state index in [-0.39, 0.29) is 0 Å². The summed E-state index contributed by atoms with van der Waals surface area (Å²) in [4.78, 5) is 2.35. The van der Waals surface area contributed by atoms with Crippen molar-refractivity contribution in [2.24, 2.45) is 0 Å². The Labute approximate surface area is 105 Å². The largest absolute Gasteiger partial charge is 0.494 e. The van der Waals surface area contributed by atoms with Crippen LogP contribution in [0.1, 0.15) is 19.8 Å². The average molecular weight is 285 g/mol. The van der Waals surface area contributed by atoms with Crippen molar-refractivity contribution in [3.8, 4) is 5.75 Å². The van der Waals surface area contributed by atoms with E-state index in [4.69, 9.17) is 10.5 Å². The molecule has 1 aliphatic heterocycles. The molecule has 2 N–H and O–H groups in total. The monoisotopic (exact) mass is 284 g/mol. The molecule has 1 aromatic rings. The van der Waals surface area contributed by atoms with E-state index < -0.39 is 0 Å². The molecule has 0 amide bonds. The van der Waals surface area contributed by atoms with Crippen molar-refractivity contribution in [3.63, 3.8) is 0 Å². The molecule has 0 aromatic heterocycles. The fraction of sp³-hybridized carbons (Fsp3) is 0.500. The van der Waals surface area contributed by atoms with E-state index in [1.165, 1.54) is 12.8 Å². The second kappa shape index (κ2) is 4.53. The van der Waals surface area contributed by atoms with Gasteiger partial charge in [0.25, 0.3) is 0 Å². The molecule has 1 heterocycles. The summed E-state index contributed by atoms with van der Waals surface area (Å²) >= 11 is 3.49. The number of hydrogen-bond donors (Lipinski definition) is 1. The summed E-state index contributed by atoms with van der Waals surface area (Å²) < 4.78 is 6.29. The van der Waals surface area contributed by atoms with E-state index in [1.807, 2.05) is 6.07 Å². The lowest BCUT2D eigenvalue weighted by molar-refractivity contribution is 0.416. The fourth-order valence-corrected chi connectivity index (χ4v) is 2.70. The second-order valence-corrected chi connectivity index (χ2v) is 5.14. The molecule has 0 spiro atoms. The topological polar surface area (TPSA) is 38.5 Å². The lowest BCUT2D eigenvalue weighted by Gasteiger charge is -2.26. The van der Waals surface area contributed by atoms with Gasteiger partial charge < -0.3 is 15.4 Å². The van der Waals surface area contributed by atoms with Gasteiger partial charge in [-0.05, 0) is 31.9 Å². The first-order valence-corrected chi connectivity index (χ1v) is 6.32. The number of nitrogens with two attached hydrogens (primary N) is 1. The standard InChI is InChI=1S/C12H17BrN2O/c1-8-4-3-5-15(8)10-6-9(13)7-11(16-2)12(10)14/h6-8H,3-5,14H2,1-2H3. The number of nitrogens with zero attached hydrogens (tertiary/aromatic N) is 1. The Kier molecular flexibility index (Phi) is 3.28. The molecule has 1 fully saturated rings. The maximum Gasteiger partial charge on any atom is 0.145 e. The molecule has 1 atom stereocenters. The van der Waals surface area contributed by atoms with Crippen molar-refractivity contribution in [1.82, 2.24) is 0 Å². The quantitative estimate of drug-likeness (QED) is 0.849. The fourth-order valence-electron chi connectivity index (χ4n) is 2.28. The first-order valence-electron chi connectivity index (χ1n) is 5.53. The predicted octanol–water partition coefficient (Wildman–Crippen LogP) is 3.03. The van der Waals surface area contributed by atoms with Crippen molar-refractivity contribution in [3.05, 3.63) is 16.6 Å². The lowest BCUT2D eigenvalue weighted by atomic mass is 10.2. The molecule has 1 aromatic carbocycles. The lowest BCUT2D eigenvalue weighted by Crippen LogP contribution is -2.27. The van der Waals surface area contributed by atoms with Crippen LogP contribution in [0, 0.1) is 0 Å². The third-order valence-electron chi connectivity index (χ3n) is 3.17. The minimum Gasteiger partial charge on any atom is -0.494 e. The zero-order valence-corrected chi connectivity index (χ0v) is 11.3. The van der Waals surface area contributed by atoms with Crippen LogP contribution in [0.25, 0.3) is 0 Å². The molecule has 16 heavy (non-hydrogen) atoms. The van der Waals surface area contributed by atoms with Gasteiger partial charge >= 0.3 is 0 Å². The minimum absolute atomic E-state index is 0.557. The molecule has 3 nitrogen and oxygen atoms in total. The number of methoxy groups -OCH3 is 1. The maximum atomic E-state index is 6.12. The highest BCUT2D eigenvalue weighted by molar-refractivity contribution is 9.10. The van der Waals surface area contributed by atoms with E-state index in [0.717, 1.165) is 28.1 Å². The highest BCUT2D eigenvalue weighted by atomic mass is 79.9. The minimum atomic E-state index is 0.557. The van der Waals surface area contributed by atoms with Gasteiger partial charge in [-0.2, -0.15) is 0 Å². The van der Waals surface area contributed by atoms with E-state index >= 15 is 0 Å². The highest BCUT2D eigenvalue weighted by Crippen LogP contribution is 2.38. The van der Waals surface area contributed by atoms with Gasteiger partial charge in [-0.15, -0.1) is 0 Å². The van der Waals surface area contributed by atoms with Gasteiger partial charge in [-0.25, -0.2) is 0 Å². The molecule has 1 aliphatic rings. The van der Waals surface area contributed by atoms with Crippen molar-refractivity contribution >= 4 is 27.3 Å². The molecule has 0 aliphatic carbocycles. The molecular formula is C12H17BrN2O. The van der Waals surface area contributed by atoms with Gasteiger partial charge in [0.2, 0.25) is 0 Å². The van der Waals surface area contributed by atoms with Crippen molar-refractivity contribution in [2.45, 2.75) is 25.8 Å². The van der Waals surface area contributed by atoms with Gasteiger partial charge in [0.15, 0.2) is 0 Å². The Morgan fingerprint density at radius 3 is 2.81 bits per heavy atom. The summed E-state index contributed by atoms with van der Waals surface area (Å²) in [5.41, 5.74) is 7.93. The van der Waals surface area contributed by atoms with Gasteiger partial charge in [0.05, 0.1) is 18.5 Å². The normalized spacial score (nSPS) is 20.2. The average Bonchev–Trinajstić information content (AvgIpc) is 2.67. The third kappa shape index (κ3) is 1.98. The number of benzene rings is 1. The molecule has 4 heteroatoms. The summed E-state index contributed by atoms with van der Waals surface area (Å²) in [6, 6.07) is 4.53. The van der Waals surface area contributed by atoms with Crippen LogP contribution >= 0.6 is 15.9 Å². The number of nitrogen functional groups attached to an aromatic ring is 1. The van der Waals surface area contributed by atoms with Crippen molar-refractivity contribution < 1.29 is 4.74 Å². The van der Waals surface area contributed by atoms with Crippen LogP contribution in [0.3, 0.4) is 0 Å². The first kappa shape index (κ1) is 11.6. The second-order valence-electron chi connectivity index (χ2n) is 4.23. The zero-order chi connectivity index (χ0) is 11.7. The van der Waals surface area contributed by atoms with Crippen LogP contribution in [0.2, 0.25) is 0 Å². The van der Waals surface area contributed by atoms with Gasteiger partial charge in [-0.3, -0.25) is 0 Å². The van der Waals surface area contributed by atoms with Crippen LogP contribution in [0.15, 0.2) is 16.6 Å². The SMILES string of the molecule is COc1cc(Br)cc(N2CCCC2C)c1N. The van der Waals surface area contributed by atoms with E-state index in [9.17, 15) is 0 Å². The van der Waals surface area contributed by atoms with E-state index in [2.05, 4.69) is 33.8 Å². The number of rotatable bonds is 2. The van der Waals surface area contributed by atoms with Gasteiger partial charge in [0, 0.05) is 17.1 Å². The van der Waals surface area contributed by atoms with Gasteiger partial charge in [-0.1, -0.05) is 15.9 Å². The van der Waals surface area contributed by atoms with Crippen molar-refractivity contribution in [1.29, 1.82) is 0 Å². The Morgan fingerprint density at radius 1 is 1.50 bits per heavy atom. The number of halogens is 1. The summed E-state index contributed by atoms with van der Waals surface area (Å²) in [6.45, 7) is 3.31. The molecule has 1 saturated heterocycles. The molecule has 0 saturated carbocycles. The number of hydrogen-bond acceptors (Lipinski definition) is 3. The van der Waals surface area contributed by atoms with Crippen LogP contribution in [-0.2, 0) is 0 Å². The zero-order valence-electron chi connectivity index (χ0n) is 9.66. The third-order valence-corrected chi connectivity index (χ3v) is 3.63. The highest BCUT2D eigenvalue weighted by Gasteiger charge is 2.23. The van der Waals surface area contributed by atoms with Gasteiger partial charge in [0.1, 0.15) is 5.75 Å². The van der Waals surface area contributed by atoms with Crippen LogP contribution in [0.5, 0.6) is 5.75 Å². The molecule has 0 bridgehead atoms. The summed E-state index contributed by atoms with van der Waals surface area (Å²) in [6.07, 6.45) is 2.46. The Morgan fingerprint density at radius 2 is 2.25 bits per heavy atom. The maximum absolute atomic E-state index is 6.12. The Hall–Kier alpha value is -0.900. The Bertz CT molecular complexity index is 395. The Balaban J connectivity index is 2.43. The van der Waals surface area contributed by atoms with Crippen LogP contribution in [0.4, 0.5) is 11.4 Å². The summed E-state index contributed by atoms with van der Waals surface area (Å²) in [5.74, 6) is 0.739. The molecule has 2 rings (SSSR count). The van der Waals surface area contributed by atoms with Crippen LogP contribution in [-0.4, -0.2) is 19.7 Å². The summed E-state index contributed by atoms with van der Waals surface area (Å²) in [5, 5.41) is 0. The van der Waals surface area contributed by atoms with Crippen molar-refractivity contribution in [2.75, 3.05) is 24.3 Å². The van der Waals surface area contributed by atoms with Crippen LogP contribution < -0.4 is 15.4 Å². The van der Waals surface area contributed by atoms with E-state index in [1.54, 1.807) is 7.11 Å². The van der Waals surface area contributed by atoms with E-state index in [0.29, 0.717) is 6.04 Å². The molecule has 88 valence electrons. The number of anilines is 2. The summed E-state index contributed by atoms with van der Waals surface area (Å²) in [7, 11) is 1.65. The first-order chi connectivity index (χ1) is 7.63. The predicted molar refractivity (Wildman–Crippen MR) is 71.1 cm³/mol.